The van der Waals surface area contributed by atoms with Gasteiger partial charge in [0.25, 0.3) is 5.91 Å². The van der Waals surface area contributed by atoms with Crippen LogP contribution in [0.25, 0.3) is 0 Å². The number of carbonyl (C=O) groups excluding carboxylic acids is 1. The van der Waals surface area contributed by atoms with Gasteiger partial charge in [-0.15, -0.1) is 0 Å². The number of ether oxygens (including phenoxy) is 3. The highest BCUT2D eigenvalue weighted by molar-refractivity contribution is 9.10. The van der Waals surface area contributed by atoms with Crippen LogP contribution >= 0.6 is 15.9 Å². The Labute approximate surface area is 121 Å². The molecule has 0 heterocycles. The highest BCUT2D eigenvalue weighted by Gasteiger charge is 2.20. The number of halogens is 1. The van der Waals surface area contributed by atoms with E-state index in [4.69, 9.17) is 14.2 Å². The molecule has 0 fully saturated rings. The molecule has 0 saturated heterocycles. The van der Waals surface area contributed by atoms with Crippen LogP contribution in [0.3, 0.4) is 0 Å². The van der Waals surface area contributed by atoms with Gasteiger partial charge in [-0.25, -0.2) is 0 Å². The molecule has 5 nitrogen and oxygen atoms in total. The van der Waals surface area contributed by atoms with E-state index in [1.807, 2.05) is 6.92 Å². The zero-order valence-electron chi connectivity index (χ0n) is 11.4. The molecule has 0 aliphatic carbocycles. The number of rotatable bonds is 6. The molecule has 1 aromatic rings. The van der Waals surface area contributed by atoms with Crippen molar-refractivity contribution in [1.82, 2.24) is 5.32 Å². The van der Waals surface area contributed by atoms with Crippen LogP contribution in [0.2, 0.25) is 0 Å². The second-order valence-electron chi connectivity index (χ2n) is 3.95. The third-order valence-electron chi connectivity index (χ3n) is 2.65. The normalized spacial score (nSPS) is 12.3. The second kappa shape index (κ2) is 7.47. The van der Waals surface area contributed by atoms with Crippen LogP contribution in [0.5, 0.6) is 5.75 Å². The molecule has 1 N–H and O–H groups in total. The van der Waals surface area contributed by atoms with E-state index in [0.29, 0.717) is 15.8 Å². The Morgan fingerprint density at radius 2 is 1.89 bits per heavy atom. The SMILES string of the molecule is COc1ccc(Br)c(C(=O)NC(C)C(OC)OC)c1. The molecule has 0 aliphatic rings. The van der Waals surface area contributed by atoms with E-state index in [-0.39, 0.29) is 11.9 Å². The highest BCUT2D eigenvalue weighted by atomic mass is 79.9. The molecule has 0 radical (unpaired) electrons. The van der Waals surface area contributed by atoms with Gasteiger partial charge in [0.2, 0.25) is 0 Å². The topological polar surface area (TPSA) is 56.8 Å². The summed E-state index contributed by atoms with van der Waals surface area (Å²) in [6, 6.07) is 4.93. The van der Waals surface area contributed by atoms with E-state index < -0.39 is 6.29 Å². The van der Waals surface area contributed by atoms with Crippen LogP contribution in [0.15, 0.2) is 22.7 Å². The molecule has 0 aliphatic heterocycles. The molecule has 19 heavy (non-hydrogen) atoms. The monoisotopic (exact) mass is 331 g/mol. The molecule has 0 spiro atoms. The van der Waals surface area contributed by atoms with Crippen LogP contribution in [-0.4, -0.2) is 39.6 Å². The van der Waals surface area contributed by atoms with Gasteiger partial charge in [0.05, 0.1) is 18.7 Å². The predicted molar refractivity (Wildman–Crippen MR) is 75.4 cm³/mol. The fraction of sp³-hybridized carbons (Fsp3) is 0.462. The van der Waals surface area contributed by atoms with Crippen molar-refractivity contribution >= 4 is 21.8 Å². The maximum Gasteiger partial charge on any atom is 0.252 e. The Morgan fingerprint density at radius 3 is 2.42 bits per heavy atom. The molecule has 1 amide bonds. The summed E-state index contributed by atoms with van der Waals surface area (Å²) in [5.74, 6) is 0.397. The van der Waals surface area contributed by atoms with Gasteiger partial charge in [-0.2, -0.15) is 0 Å². The minimum atomic E-state index is -0.492. The van der Waals surface area contributed by atoms with Crippen molar-refractivity contribution in [3.8, 4) is 5.75 Å². The largest absolute Gasteiger partial charge is 0.497 e. The smallest absolute Gasteiger partial charge is 0.252 e. The summed E-state index contributed by atoms with van der Waals surface area (Å²) in [5, 5.41) is 2.82. The average molecular weight is 332 g/mol. The summed E-state index contributed by atoms with van der Waals surface area (Å²) in [6.07, 6.45) is -0.492. The van der Waals surface area contributed by atoms with Gasteiger partial charge < -0.3 is 19.5 Å². The number of amides is 1. The molecule has 0 saturated carbocycles. The van der Waals surface area contributed by atoms with E-state index in [0.717, 1.165) is 0 Å². The van der Waals surface area contributed by atoms with Gasteiger partial charge >= 0.3 is 0 Å². The van der Waals surface area contributed by atoms with Crippen LogP contribution < -0.4 is 10.1 Å². The summed E-state index contributed by atoms with van der Waals surface area (Å²) in [6.45, 7) is 1.81. The highest BCUT2D eigenvalue weighted by Crippen LogP contribution is 2.22. The molecule has 0 aromatic heterocycles. The Balaban J connectivity index is 2.83. The molecular weight excluding hydrogens is 314 g/mol. The quantitative estimate of drug-likeness (QED) is 0.812. The lowest BCUT2D eigenvalue weighted by atomic mass is 10.2. The Hall–Kier alpha value is -1.11. The second-order valence-corrected chi connectivity index (χ2v) is 4.80. The van der Waals surface area contributed by atoms with Gasteiger partial charge in [-0.1, -0.05) is 0 Å². The molecule has 0 bridgehead atoms. The van der Waals surface area contributed by atoms with Crippen molar-refractivity contribution in [1.29, 1.82) is 0 Å². The fourth-order valence-electron chi connectivity index (χ4n) is 1.66. The summed E-state index contributed by atoms with van der Waals surface area (Å²) < 4.78 is 16.0. The van der Waals surface area contributed by atoms with Crippen LogP contribution in [-0.2, 0) is 9.47 Å². The Kier molecular flexibility index (Phi) is 6.27. The lowest BCUT2D eigenvalue weighted by Gasteiger charge is -2.22. The van der Waals surface area contributed by atoms with Gasteiger partial charge in [0.1, 0.15) is 5.75 Å². The number of nitrogens with one attached hydrogen (secondary N) is 1. The van der Waals surface area contributed by atoms with E-state index in [2.05, 4.69) is 21.2 Å². The van der Waals surface area contributed by atoms with E-state index >= 15 is 0 Å². The number of carbonyl (C=O) groups is 1. The molecule has 1 aromatic carbocycles. The van der Waals surface area contributed by atoms with Crippen molar-refractivity contribution in [2.45, 2.75) is 19.3 Å². The van der Waals surface area contributed by atoms with Crippen molar-refractivity contribution < 1.29 is 19.0 Å². The molecule has 1 atom stereocenters. The van der Waals surface area contributed by atoms with Crippen molar-refractivity contribution in [3.63, 3.8) is 0 Å². The maximum atomic E-state index is 12.2. The average Bonchev–Trinajstić information content (AvgIpc) is 2.40. The molecule has 1 rings (SSSR count). The van der Waals surface area contributed by atoms with E-state index in [1.165, 1.54) is 14.2 Å². The number of benzene rings is 1. The molecule has 1 unspecified atom stereocenters. The van der Waals surface area contributed by atoms with Gasteiger partial charge in [0, 0.05) is 18.7 Å². The minimum Gasteiger partial charge on any atom is -0.497 e. The van der Waals surface area contributed by atoms with E-state index in [1.54, 1.807) is 25.3 Å². The van der Waals surface area contributed by atoms with Crippen molar-refractivity contribution in [2.24, 2.45) is 0 Å². The first-order chi connectivity index (χ1) is 9.03. The first-order valence-electron chi connectivity index (χ1n) is 5.73. The summed E-state index contributed by atoms with van der Waals surface area (Å²) in [7, 11) is 4.61. The van der Waals surface area contributed by atoms with Crippen molar-refractivity contribution in [3.05, 3.63) is 28.2 Å². The maximum absolute atomic E-state index is 12.2. The first-order valence-corrected chi connectivity index (χ1v) is 6.52. The van der Waals surface area contributed by atoms with Crippen molar-refractivity contribution in [2.75, 3.05) is 21.3 Å². The van der Waals surface area contributed by atoms with Gasteiger partial charge in [-0.05, 0) is 41.1 Å². The van der Waals surface area contributed by atoms with Gasteiger partial charge in [0.15, 0.2) is 6.29 Å². The van der Waals surface area contributed by atoms with Crippen LogP contribution in [0.1, 0.15) is 17.3 Å². The fourth-order valence-corrected chi connectivity index (χ4v) is 2.09. The zero-order valence-corrected chi connectivity index (χ0v) is 13.0. The summed E-state index contributed by atoms with van der Waals surface area (Å²) >= 11 is 3.34. The minimum absolute atomic E-state index is 0.225. The molecule has 6 heteroatoms. The first kappa shape index (κ1) is 15.9. The lowest BCUT2D eigenvalue weighted by molar-refractivity contribution is -0.117. The summed E-state index contributed by atoms with van der Waals surface area (Å²) in [4.78, 5) is 12.2. The number of hydrogen-bond donors (Lipinski definition) is 1. The predicted octanol–water partition coefficient (Wildman–Crippen LogP) is 2.19. The Morgan fingerprint density at radius 1 is 1.26 bits per heavy atom. The summed E-state index contributed by atoms with van der Waals surface area (Å²) in [5.41, 5.74) is 0.497. The number of methoxy groups -OCH3 is 3. The van der Waals surface area contributed by atoms with E-state index in [9.17, 15) is 4.79 Å². The number of hydrogen-bond acceptors (Lipinski definition) is 4. The Bertz CT molecular complexity index is 435. The standard InChI is InChI=1S/C13H18BrNO4/c1-8(13(18-3)19-4)15-12(16)10-7-9(17-2)5-6-11(10)14/h5-8,13H,1-4H3,(H,15,16). The molecule has 106 valence electrons. The third-order valence-corrected chi connectivity index (χ3v) is 3.34. The molecular formula is C13H18BrNO4. The van der Waals surface area contributed by atoms with Gasteiger partial charge in [-0.3, -0.25) is 4.79 Å². The van der Waals surface area contributed by atoms with Crippen LogP contribution in [0.4, 0.5) is 0 Å². The van der Waals surface area contributed by atoms with Crippen LogP contribution in [0, 0.1) is 0 Å². The zero-order chi connectivity index (χ0) is 14.4. The lowest BCUT2D eigenvalue weighted by Crippen LogP contribution is -2.43. The third kappa shape index (κ3) is 4.19.